The van der Waals surface area contributed by atoms with Crippen LogP contribution >= 0.6 is 23.1 Å². The van der Waals surface area contributed by atoms with E-state index in [0.29, 0.717) is 6.54 Å². The molecule has 1 amide bonds. The van der Waals surface area contributed by atoms with Crippen LogP contribution in [0.1, 0.15) is 22.3 Å². The van der Waals surface area contributed by atoms with Crippen LogP contribution in [0.25, 0.3) is 10.2 Å². The number of rotatable bonds is 7. The fraction of sp³-hybridized carbons (Fsp3) is 0.333. The number of hydrogen-bond acceptors (Lipinski definition) is 5. The average molecular weight is 400 g/mol. The second kappa shape index (κ2) is 8.87. The summed E-state index contributed by atoms with van der Waals surface area (Å²) in [6.07, 6.45) is 2.90. The van der Waals surface area contributed by atoms with Crippen molar-refractivity contribution in [2.24, 2.45) is 0 Å². The van der Waals surface area contributed by atoms with Gasteiger partial charge in [-0.2, -0.15) is 0 Å². The van der Waals surface area contributed by atoms with E-state index in [4.69, 9.17) is 4.98 Å². The molecule has 0 aliphatic carbocycles. The molecule has 27 heavy (non-hydrogen) atoms. The summed E-state index contributed by atoms with van der Waals surface area (Å²) < 4.78 is 1.12. The minimum Gasteiger partial charge on any atom is -0.309 e. The number of aromatic nitrogens is 1. The number of aryl methyl sites for hydroxylation is 1. The molecule has 0 unspecified atom stereocenters. The van der Waals surface area contributed by atoms with Gasteiger partial charge in [0.05, 0.1) is 15.8 Å². The summed E-state index contributed by atoms with van der Waals surface area (Å²) in [5.74, 6) is 0.0235. The lowest BCUT2D eigenvalue weighted by molar-refractivity contribution is 0.0983. The highest BCUT2D eigenvalue weighted by molar-refractivity contribution is 7.98. The molecule has 0 fully saturated rings. The second-order valence-corrected chi connectivity index (χ2v) is 8.59. The number of benzene rings is 2. The molecule has 0 spiro atoms. The highest BCUT2D eigenvalue weighted by Gasteiger charge is 2.23. The molecule has 4 nitrogen and oxygen atoms in total. The summed E-state index contributed by atoms with van der Waals surface area (Å²) in [4.78, 5) is 23.2. The summed E-state index contributed by atoms with van der Waals surface area (Å²) in [7, 11) is 4.10. The number of hydrogen-bond donors (Lipinski definition) is 0. The van der Waals surface area contributed by atoms with Gasteiger partial charge in [0.25, 0.3) is 5.91 Å². The fourth-order valence-electron chi connectivity index (χ4n) is 2.99. The third-order valence-electron chi connectivity index (χ3n) is 4.41. The van der Waals surface area contributed by atoms with Gasteiger partial charge >= 0.3 is 0 Å². The Kier molecular flexibility index (Phi) is 6.52. The molecule has 3 rings (SSSR count). The van der Waals surface area contributed by atoms with Crippen molar-refractivity contribution in [3.05, 3.63) is 53.6 Å². The molecule has 2 aromatic carbocycles. The van der Waals surface area contributed by atoms with Crippen molar-refractivity contribution in [2.45, 2.75) is 18.2 Å². The maximum absolute atomic E-state index is 13.4. The van der Waals surface area contributed by atoms with E-state index in [1.807, 2.05) is 41.5 Å². The molecule has 1 aromatic heterocycles. The van der Waals surface area contributed by atoms with Crippen molar-refractivity contribution >= 4 is 44.4 Å². The standard InChI is InChI=1S/C21H25N3OS2/c1-15-9-7-12-18-19(15)22-21(27-18)24(14-8-13-23(2)3)20(25)16-10-5-6-11-17(16)26-4/h5-7,9-12H,8,13-14H2,1-4H3. The van der Waals surface area contributed by atoms with Crippen LogP contribution in [-0.2, 0) is 0 Å². The summed E-state index contributed by atoms with van der Waals surface area (Å²) in [6, 6.07) is 14.0. The molecule has 142 valence electrons. The molecule has 0 saturated heterocycles. The summed E-state index contributed by atoms with van der Waals surface area (Å²) in [6.45, 7) is 3.64. The molecule has 0 N–H and O–H groups in total. The van der Waals surface area contributed by atoms with Crippen LogP contribution in [0.5, 0.6) is 0 Å². The van der Waals surface area contributed by atoms with E-state index in [9.17, 15) is 4.79 Å². The molecule has 3 aromatic rings. The molecule has 0 bridgehead atoms. The molecule has 6 heteroatoms. The maximum Gasteiger partial charge on any atom is 0.261 e. The Hall–Kier alpha value is -1.89. The third-order valence-corrected chi connectivity index (χ3v) is 6.25. The Labute approximate surface area is 169 Å². The molecular weight excluding hydrogens is 374 g/mol. The molecule has 0 radical (unpaired) electrons. The second-order valence-electron chi connectivity index (χ2n) is 6.73. The predicted molar refractivity (Wildman–Crippen MR) is 117 cm³/mol. The summed E-state index contributed by atoms with van der Waals surface area (Å²) in [5, 5.41) is 0.777. The van der Waals surface area contributed by atoms with Gasteiger partial charge in [0.2, 0.25) is 0 Å². The van der Waals surface area contributed by atoms with E-state index in [1.165, 1.54) is 0 Å². The highest BCUT2D eigenvalue weighted by atomic mass is 32.2. The zero-order chi connectivity index (χ0) is 19.4. The smallest absolute Gasteiger partial charge is 0.261 e. The van der Waals surface area contributed by atoms with E-state index >= 15 is 0 Å². The Balaban J connectivity index is 1.99. The van der Waals surface area contributed by atoms with Crippen molar-refractivity contribution < 1.29 is 4.79 Å². The number of thiazole rings is 1. The van der Waals surface area contributed by atoms with Gasteiger partial charge in [0.1, 0.15) is 0 Å². The number of carbonyl (C=O) groups excluding carboxylic acids is 1. The number of fused-ring (bicyclic) bond motifs is 1. The van der Waals surface area contributed by atoms with Gasteiger partial charge in [0.15, 0.2) is 5.13 Å². The van der Waals surface area contributed by atoms with Gasteiger partial charge in [-0.15, -0.1) is 11.8 Å². The van der Waals surface area contributed by atoms with Gasteiger partial charge < -0.3 is 4.90 Å². The van der Waals surface area contributed by atoms with Crippen molar-refractivity contribution in [1.29, 1.82) is 0 Å². The van der Waals surface area contributed by atoms with E-state index < -0.39 is 0 Å². The van der Waals surface area contributed by atoms with Crippen molar-refractivity contribution in [3.63, 3.8) is 0 Å². The molecule has 0 atom stereocenters. The van der Waals surface area contributed by atoms with Gasteiger partial charge in [0, 0.05) is 11.4 Å². The Morgan fingerprint density at radius 3 is 2.59 bits per heavy atom. The van der Waals surface area contributed by atoms with E-state index in [1.54, 1.807) is 23.1 Å². The monoisotopic (exact) mass is 399 g/mol. The van der Waals surface area contributed by atoms with Crippen LogP contribution < -0.4 is 4.90 Å². The molecule has 0 saturated carbocycles. The van der Waals surface area contributed by atoms with Crippen molar-refractivity contribution in [1.82, 2.24) is 9.88 Å². The van der Waals surface area contributed by atoms with Gasteiger partial charge in [-0.05, 0) is 64.0 Å². The largest absolute Gasteiger partial charge is 0.309 e. The molecule has 0 aliphatic heterocycles. The Bertz CT molecular complexity index is 936. The first-order chi connectivity index (χ1) is 13.0. The summed E-state index contributed by atoms with van der Waals surface area (Å²) in [5.41, 5.74) is 2.87. The molecule has 0 aliphatic rings. The number of anilines is 1. The number of para-hydroxylation sites is 1. The minimum atomic E-state index is 0.0235. The first kappa shape index (κ1) is 19.9. The van der Waals surface area contributed by atoms with Crippen LogP contribution in [0.3, 0.4) is 0 Å². The van der Waals surface area contributed by atoms with Crippen LogP contribution in [0.2, 0.25) is 0 Å². The zero-order valence-corrected chi connectivity index (χ0v) is 17.9. The lowest BCUT2D eigenvalue weighted by Crippen LogP contribution is -2.33. The lowest BCUT2D eigenvalue weighted by atomic mass is 10.2. The number of nitrogens with zero attached hydrogens (tertiary/aromatic N) is 3. The number of amides is 1. The normalized spacial score (nSPS) is 11.3. The van der Waals surface area contributed by atoms with Gasteiger partial charge in [-0.3, -0.25) is 9.69 Å². The molecular formula is C21H25N3OS2. The SMILES string of the molecule is CSc1ccccc1C(=O)N(CCCN(C)C)c1nc2c(C)cccc2s1. The maximum atomic E-state index is 13.4. The first-order valence-corrected chi connectivity index (χ1v) is 11.0. The van der Waals surface area contributed by atoms with Gasteiger partial charge in [-0.25, -0.2) is 4.98 Å². The zero-order valence-electron chi connectivity index (χ0n) is 16.2. The quantitative estimate of drug-likeness (QED) is 0.528. The third kappa shape index (κ3) is 4.51. The fourth-order valence-corrected chi connectivity index (χ4v) is 4.64. The number of thioether (sulfide) groups is 1. The Morgan fingerprint density at radius 2 is 1.89 bits per heavy atom. The topological polar surface area (TPSA) is 36.4 Å². The number of carbonyl (C=O) groups is 1. The first-order valence-electron chi connectivity index (χ1n) is 8.97. The minimum absolute atomic E-state index is 0.0235. The van der Waals surface area contributed by atoms with Crippen LogP contribution in [0.4, 0.5) is 5.13 Å². The highest BCUT2D eigenvalue weighted by Crippen LogP contribution is 2.32. The predicted octanol–water partition coefficient (Wildman–Crippen LogP) is 4.93. The Morgan fingerprint density at radius 1 is 1.11 bits per heavy atom. The van der Waals surface area contributed by atoms with E-state index in [2.05, 4.69) is 38.1 Å². The molecule has 1 heterocycles. The summed E-state index contributed by atoms with van der Waals surface area (Å²) >= 11 is 3.19. The van der Waals surface area contributed by atoms with Crippen LogP contribution in [0.15, 0.2) is 47.4 Å². The van der Waals surface area contributed by atoms with E-state index in [0.717, 1.165) is 44.3 Å². The average Bonchev–Trinajstić information content (AvgIpc) is 3.10. The van der Waals surface area contributed by atoms with Crippen molar-refractivity contribution in [2.75, 3.05) is 38.3 Å². The van der Waals surface area contributed by atoms with Crippen LogP contribution in [-0.4, -0.2) is 49.2 Å². The van der Waals surface area contributed by atoms with E-state index in [-0.39, 0.29) is 5.91 Å². The van der Waals surface area contributed by atoms with Crippen LogP contribution in [0, 0.1) is 6.92 Å². The lowest BCUT2D eigenvalue weighted by Gasteiger charge is -2.22. The van der Waals surface area contributed by atoms with Crippen molar-refractivity contribution in [3.8, 4) is 0 Å². The van der Waals surface area contributed by atoms with Gasteiger partial charge in [-0.1, -0.05) is 35.6 Å².